The van der Waals surface area contributed by atoms with Gasteiger partial charge in [0.1, 0.15) is 11.5 Å². The van der Waals surface area contributed by atoms with Crippen molar-refractivity contribution in [3.8, 4) is 11.5 Å². The molecular formula is C18H28N2O3. The van der Waals surface area contributed by atoms with Gasteiger partial charge in [0, 0.05) is 49.4 Å². The maximum absolute atomic E-state index is 5.82. The van der Waals surface area contributed by atoms with Gasteiger partial charge in [-0.25, -0.2) is 0 Å². The maximum Gasteiger partial charge on any atom is 0.127 e. The molecule has 0 aromatic heterocycles. The molecule has 5 nitrogen and oxygen atoms in total. The number of nitrogens with zero attached hydrogens (tertiary/aromatic N) is 2. The number of hydrogen-bond donors (Lipinski definition) is 0. The van der Waals surface area contributed by atoms with E-state index in [0.717, 1.165) is 70.4 Å². The Morgan fingerprint density at radius 3 is 2.48 bits per heavy atom. The Balaban J connectivity index is 1.93. The number of fused-ring (bicyclic) bond motifs is 1. The lowest BCUT2D eigenvalue weighted by molar-refractivity contribution is 0.0338. The molecule has 0 aliphatic carbocycles. The van der Waals surface area contributed by atoms with E-state index in [1.165, 1.54) is 16.7 Å². The quantitative estimate of drug-likeness (QED) is 0.828. The summed E-state index contributed by atoms with van der Waals surface area (Å²) in [6.07, 6.45) is 1.03. The van der Waals surface area contributed by atoms with Crippen LogP contribution in [0, 0.1) is 0 Å². The van der Waals surface area contributed by atoms with Crippen LogP contribution in [0.25, 0.3) is 0 Å². The van der Waals surface area contributed by atoms with Crippen molar-refractivity contribution < 1.29 is 14.2 Å². The smallest absolute Gasteiger partial charge is 0.127 e. The summed E-state index contributed by atoms with van der Waals surface area (Å²) in [6.45, 7) is 9.80. The van der Waals surface area contributed by atoms with Gasteiger partial charge >= 0.3 is 0 Å². The first kappa shape index (κ1) is 16.6. The van der Waals surface area contributed by atoms with Crippen LogP contribution in [-0.2, 0) is 24.2 Å². The van der Waals surface area contributed by atoms with Crippen molar-refractivity contribution in [2.45, 2.75) is 26.4 Å². The normalized spacial score (nSPS) is 19.4. The van der Waals surface area contributed by atoms with Crippen LogP contribution in [0.4, 0.5) is 0 Å². The molecule has 3 rings (SSSR count). The molecule has 0 spiro atoms. The number of benzene rings is 1. The van der Waals surface area contributed by atoms with E-state index in [0.29, 0.717) is 0 Å². The zero-order valence-electron chi connectivity index (χ0n) is 14.6. The minimum atomic E-state index is 0.815. The zero-order valence-corrected chi connectivity index (χ0v) is 14.6. The minimum absolute atomic E-state index is 0.815. The third-order valence-electron chi connectivity index (χ3n) is 4.96. The van der Waals surface area contributed by atoms with Crippen molar-refractivity contribution in [3.05, 3.63) is 22.8 Å². The van der Waals surface area contributed by atoms with Crippen LogP contribution in [0.5, 0.6) is 11.5 Å². The Morgan fingerprint density at radius 1 is 1.04 bits per heavy atom. The Labute approximate surface area is 139 Å². The molecule has 2 aliphatic rings. The van der Waals surface area contributed by atoms with Gasteiger partial charge < -0.3 is 14.2 Å². The molecule has 1 aromatic rings. The van der Waals surface area contributed by atoms with E-state index in [1.54, 1.807) is 14.2 Å². The number of ether oxygens (including phenoxy) is 3. The summed E-state index contributed by atoms with van der Waals surface area (Å²) in [5.74, 6) is 2.06. The summed E-state index contributed by atoms with van der Waals surface area (Å²) in [5, 5.41) is 0. The summed E-state index contributed by atoms with van der Waals surface area (Å²) in [5.41, 5.74) is 3.86. The topological polar surface area (TPSA) is 34.2 Å². The fourth-order valence-corrected chi connectivity index (χ4v) is 3.62. The van der Waals surface area contributed by atoms with Crippen LogP contribution < -0.4 is 9.47 Å². The van der Waals surface area contributed by atoms with Gasteiger partial charge in [0.15, 0.2) is 0 Å². The SMILES string of the molecule is CCN1CCc2c(c(OC)cc(CN3CCOCC3)c2OC)C1. The van der Waals surface area contributed by atoms with Gasteiger partial charge in [-0.2, -0.15) is 0 Å². The molecule has 2 heterocycles. The van der Waals surface area contributed by atoms with Gasteiger partial charge in [0.25, 0.3) is 0 Å². The van der Waals surface area contributed by atoms with Crippen molar-refractivity contribution in [2.75, 3.05) is 53.6 Å². The highest BCUT2D eigenvalue weighted by Crippen LogP contribution is 2.38. The molecule has 1 saturated heterocycles. The summed E-state index contributed by atoms with van der Waals surface area (Å²) in [4.78, 5) is 4.88. The highest BCUT2D eigenvalue weighted by Gasteiger charge is 2.25. The minimum Gasteiger partial charge on any atom is -0.496 e. The van der Waals surface area contributed by atoms with Crippen LogP contribution >= 0.6 is 0 Å². The number of rotatable bonds is 5. The second kappa shape index (κ2) is 7.51. The highest BCUT2D eigenvalue weighted by atomic mass is 16.5. The lowest BCUT2D eigenvalue weighted by atomic mass is 9.94. The maximum atomic E-state index is 5.82. The predicted octanol–water partition coefficient (Wildman–Crippen LogP) is 1.91. The fourth-order valence-electron chi connectivity index (χ4n) is 3.62. The standard InChI is InChI=1S/C18H28N2O3/c1-4-19-6-5-15-16(13-19)17(21-2)11-14(18(15)22-3)12-20-7-9-23-10-8-20/h11H,4-10,12-13H2,1-3H3. The summed E-state index contributed by atoms with van der Waals surface area (Å²) in [7, 11) is 3.56. The highest BCUT2D eigenvalue weighted by molar-refractivity contribution is 5.55. The molecule has 2 aliphatic heterocycles. The van der Waals surface area contributed by atoms with Gasteiger partial charge in [-0.3, -0.25) is 9.80 Å². The molecule has 128 valence electrons. The molecule has 0 atom stereocenters. The Bertz CT molecular complexity index is 542. The van der Waals surface area contributed by atoms with Gasteiger partial charge in [-0.05, 0) is 19.0 Å². The number of hydrogen-bond acceptors (Lipinski definition) is 5. The predicted molar refractivity (Wildman–Crippen MR) is 90.3 cm³/mol. The Kier molecular flexibility index (Phi) is 5.41. The van der Waals surface area contributed by atoms with Crippen molar-refractivity contribution in [1.82, 2.24) is 9.80 Å². The van der Waals surface area contributed by atoms with Crippen LogP contribution in [-0.4, -0.2) is 63.4 Å². The first-order valence-electron chi connectivity index (χ1n) is 8.54. The molecule has 0 bridgehead atoms. The Hall–Kier alpha value is -1.30. The van der Waals surface area contributed by atoms with Gasteiger partial charge in [0.05, 0.1) is 27.4 Å². The van der Waals surface area contributed by atoms with Crippen molar-refractivity contribution in [2.24, 2.45) is 0 Å². The fraction of sp³-hybridized carbons (Fsp3) is 0.667. The average Bonchev–Trinajstić information content (AvgIpc) is 2.61. The zero-order chi connectivity index (χ0) is 16.2. The monoisotopic (exact) mass is 320 g/mol. The van der Waals surface area contributed by atoms with Crippen LogP contribution in [0.15, 0.2) is 6.07 Å². The molecule has 1 aromatic carbocycles. The third kappa shape index (κ3) is 3.47. The second-order valence-electron chi connectivity index (χ2n) is 6.24. The van der Waals surface area contributed by atoms with Gasteiger partial charge in [-0.1, -0.05) is 6.92 Å². The molecule has 23 heavy (non-hydrogen) atoms. The van der Waals surface area contributed by atoms with Gasteiger partial charge in [0.2, 0.25) is 0 Å². The largest absolute Gasteiger partial charge is 0.496 e. The molecule has 0 saturated carbocycles. The first-order valence-corrected chi connectivity index (χ1v) is 8.54. The molecule has 5 heteroatoms. The number of methoxy groups -OCH3 is 2. The van der Waals surface area contributed by atoms with E-state index in [-0.39, 0.29) is 0 Å². The molecule has 1 fully saturated rings. The van der Waals surface area contributed by atoms with Crippen LogP contribution in [0.1, 0.15) is 23.6 Å². The Morgan fingerprint density at radius 2 is 1.83 bits per heavy atom. The molecular weight excluding hydrogens is 292 g/mol. The number of morpholine rings is 1. The van der Waals surface area contributed by atoms with E-state index in [2.05, 4.69) is 22.8 Å². The van der Waals surface area contributed by atoms with Gasteiger partial charge in [-0.15, -0.1) is 0 Å². The molecule has 0 unspecified atom stereocenters. The lowest BCUT2D eigenvalue weighted by Gasteiger charge is -2.32. The van der Waals surface area contributed by atoms with E-state index >= 15 is 0 Å². The van der Waals surface area contributed by atoms with E-state index in [4.69, 9.17) is 14.2 Å². The second-order valence-corrected chi connectivity index (χ2v) is 6.24. The van der Waals surface area contributed by atoms with Crippen molar-refractivity contribution in [3.63, 3.8) is 0 Å². The third-order valence-corrected chi connectivity index (χ3v) is 4.96. The van der Waals surface area contributed by atoms with E-state index < -0.39 is 0 Å². The summed E-state index contributed by atoms with van der Waals surface area (Å²) < 4.78 is 17.0. The summed E-state index contributed by atoms with van der Waals surface area (Å²) >= 11 is 0. The first-order chi connectivity index (χ1) is 11.3. The van der Waals surface area contributed by atoms with Crippen molar-refractivity contribution >= 4 is 0 Å². The summed E-state index contributed by atoms with van der Waals surface area (Å²) in [6, 6.07) is 2.17. The van der Waals surface area contributed by atoms with E-state index in [1.807, 2.05) is 0 Å². The number of likely N-dealkylation sites (N-methyl/N-ethyl adjacent to an activating group) is 1. The molecule has 0 N–H and O–H groups in total. The van der Waals surface area contributed by atoms with E-state index in [9.17, 15) is 0 Å². The van der Waals surface area contributed by atoms with Crippen LogP contribution in [0.3, 0.4) is 0 Å². The lowest BCUT2D eigenvalue weighted by Crippen LogP contribution is -2.36. The van der Waals surface area contributed by atoms with Crippen molar-refractivity contribution in [1.29, 1.82) is 0 Å². The van der Waals surface area contributed by atoms with Crippen LogP contribution in [0.2, 0.25) is 0 Å². The average molecular weight is 320 g/mol. The molecule has 0 amide bonds. The molecule has 0 radical (unpaired) electrons.